The molecule has 2 aromatic carbocycles. The molecule has 0 aliphatic carbocycles. The largest absolute Gasteiger partial charge is 0.385 e. The fraction of sp³-hybridized carbons (Fsp3) is 0.407. The Morgan fingerprint density at radius 1 is 1.06 bits per heavy atom. The molecule has 2 N–H and O–H groups in total. The van der Waals surface area contributed by atoms with Gasteiger partial charge in [-0.3, -0.25) is 14.3 Å². The quantitative estimate of drug-likeness (QED) is 0.493. The van der Waals surface area contributed by atoms with Gasteiger partial charge in [0, 0.05) is 24.8 Å². The van der Waals surface area contributed by atoms with Gasteiger partial charge in [-0.1, -0.05) is 60.7 Å². The minimum Gasteiger partial charge on any atom is -0.385 e. The topological polar surface area (TPSA) is 112 Å². The summed E-state index contributed by atoms with van der Waals surface area (Å²) in [6, 6.07) is 19.4. The molecule has 1 aromatic heterocycles. The average Bonchev–Trinajstić information content (AvgIpc) is 3.15. The van der Waals surface area contributed by atoms with E-state index in [-0.39, 0.29) is 19.8 Å². The number of nitrogens with one attached hydrogen (secondary N) is 1. The standard InChI is InChI=1S/C27H30N2O7/c1-19-14-29(25(32)28-23(19)31)24-22(30)27(35-16-21-10-6-3-7-11-21)12-13-33-17-26(27,36-24)18-34-15-20-8-4-2-5-9-20/h2-11,14,22,24,30H,12-13,15-18H2,1H3,(H,28,31,32)/t22?,24-,26?,27+/m1/s1. The minimum atomic E-state index is -1.23. The Labute approximate surface area is 208 Å². The number of hydrogen-bond acceptors (Lipinski definition) is 7. The zero-order valence-electron chi connectivity index (χ0n) is 20.1. The highest BCUT2D eigenvalue weighted by Crippen LogP contribution is 2.51. The number of nitrogens with zero attached hydrogens (tertiary/aromatic N) is 1. The first kappa shape index (κ1) is 24.6. The Morgan fingerprint density at radius 3 is 2.42 bits per heavy atom. The van der Waals surface area contributed by atoms with Crippen LogP contribution in [0, 0.1) is 6.92 Å². The van der Waals surface area contributed by atoms with Gasteiger partial charge in [-0.15, -0.1) is 0 Å². The van der Waals surface area contributed by atoms with Gasteiger partial charge in [0.15, 0.2) is 6.23 Å². The molecule has 5 rings (SSSR count). The number of rotatable bonds is 8. The Morgan fingerprint density at radius 2 is 1.72 bits per heavy atom. The van der Waals surface area contributed by atoms with Crippen LogP contribution < -0.4 is 11.2 Å². The lowest BCUT2D eigenvalue weighted by atomic mass is 9.77. The number of hydrogen-bond donors (Lipinski definition) is 2. The highest BCUT2D eigenvalue weighted by molar-refractivity contribution is 5.19. The molecule has 36 heavy (non-hydrogen) atoms. The predicted octanol–water partition coefficient (Wildman–Crippen LogP) is 2.07. The van der Waals surface area contributed by atoms with E-state index in [2.05, 4.69) is 4.98 Å². The summed E-state index contributed by atoms with van der Waals surface area (Å²) in [4.78, 5) is 27.0. The average molecular weight is 495 g/mol. The molecule has 4 atom stereocenters. The summed E-state index contributed by atoms with van der Waals surface area (Å²) in [7, 11) is 0. The summed E-state index contributed by atoms with van der Waals surface area (Å²) >= 11 is 0. The molecule has 0 radical (unpaired) electrons. The van der Waals surface area contributed by atoms with Crippen molar-refractivity contribution in [1.82, 2.24) is 9.55 Å². The third-order valence-corrected chi connectivity index (χ3v) is 7.02. The molecule has 2 saturated heterocycles. The Balaban J connectivity index is 1.50. The molecule has 3 heterocycles. The van der Waals surface area contributed by atoms with Crippen molar-refractivity contribution in [2.45, 2.75) is 50.1 Å². The summed E-state index contributed by atoms with van der Waals surface area (Å²) in [5.74, 6) is 0. The van der Waals surface area contributed by atoms with Gasteiger partial charge in [-0.25, -0.2) is 4.79 Å². The first-order chi connectivity index (χ1) is 17.4. The van der Waals surface area contributed by atoms with Crippen molar-refractivity contribution >= 4 is 0 Å². The van der Waals surface area contributed by atoms with E-state index in [0.717, 1.165) is 11.1 Å². The highest BCUT2D eigenvalue weighted by Gasteiger charge is 2.68. The summed E-state index contributed by atoms with van der Waals surface area (Å²) in [6.45, 7) is 2.68. The lowest BCUT2D eigenvalue weighted by Crippen LogP contribution is -2.65. The molecule has 2 fully saturated rings. The highest BCUT2D eigenvalue weighted by atomic mass is 16.6. The number of ether oxygens (including phenoxy) is 4. The van der Waals surface area contributed by atoms with Crippen molar-refractivity contribution in [2.75, 3.05) is 19.8 Å². The van der Waals surface area contributed by atoms with E-state index in [1.54, 1.807) is 6.92 Å². The van der Waals surface area contributed by atoms with Crippen molar-refractivity contribution in [3.05, 3.63) is 104 Å². The second-order valence-corrected chi connectivity index (χ2v) is 9.37. The third-order valence-electron chi connectivity index (χ3n) is 7.02. The Hall–Kier alpha value is -3.08. The van der Waals surface area contributed by atoms with Crippen LogP contribution in [0.1, 0.15) is 29.3 Å². The van der Waals surface area contributed by atoms with E-state index in [1.165, 1.54) is 10.8 Å². The van der Waals surface area contributed by atoms with Crippen LogP contribution >= 0.6 is 0 Å². The number of aliphatic hydroxyl groups excluding tert-OH is 1. The first-order valence-corrected chi connectivity index (χ1v) is 12.0. The van der Waals surface area contributed by atoms with Gasteiger partial charge >= 0.3 is 5.69 Å². The monoisotopic (exact) mass is 494 g/mol. The zero-order chi connectivity index (χ0) is 25.2. The van der Waals surface area contributed by atoms with Crippen molar-refractivity contribution in [2.24, 2.45) is 0 Å². The molecular weight excluding hydrogens is 464 g/mol. The zero-order valence-corrected chi connectivity index (χ0v) is 20.1. The van der Waals surface area contributed by atoms with Gasteiger partial charge in [0.05, 0.1) is 26.4 Å². The van der Waals surface area contributed by atoms with Crippen molar-refractivity contribution in [1.29, 1.82) is 0 Å². The second-order valence-electron chi connectivity index (χ2n) is 9.37. The van der Waals surface area contributed by atoms with E-state index in [9.17, 15) is 14.7 Å². The Kier molecular flexibility index (Phi) is 6.92. The van der Waals surface area contributed by atoms with E-state index in [1.807, 2.05) is 60.7 Å². The van der Waals surface area contributed by atoms with E-state index in [4.69, 9.17) is 18.9 Å². The van der Waals surface area contributed by atoms with Crippen LogP contribution in [-0.2, 0) is 32.2 Å². The number of aromatic amines is 1. The van der Waals surface area contributed by atoms with Crippen LogP contribution in [0.25, 0.3) is 0 Å². The number of aryl methyl sites for hydroxylation is 1. The van der Waals surface area contributed by atoms with Crippen LogP contribution in [0.5, 0.6) is 0 Å². The number of H-pyrrole nitrogens is 1. The maximum absolute atomic E-state index is 12.7. The molecule has 2 unspecified atom stereocenters. The fourth-order valence-electron chi connectivity index (χ4n) is 5.05. The number of aromatic nitrogens is 2. The molecule has 2 aliphatic rings. The normalized spacial score (nSPS) is 27.6. The van der Waals surface area contributed by atoms with Crippen LogP contribution in [0.15, 0.2) is 76.4 Å². The van der Waals surface area contributed by atoms with Crippen LogP contribution in [0.4, 0.5) is 0 Å². The van der Waals surface area contributed by atoms with Gasteiger partial charge in [0.25, 0.3) is 5.56 Å². The minimum absolute atomic E-state index is 0.0708. The molecular formula is C27H30N2O7. The van der Waals surface area contributed by atoms with Gasteiger partial charge in [0.1, 0.15) is 17.3 Å². The fourth-order valence-corrected chi connectivity index (χ4v) is 5.05. The first-order valence-electron chi connectivity index (χ1n) is 12.0. The van der Waals surface area contributed by atoms with Gasteiger partial charge < -0.3 is 24.1 Å². The van der Waals surface area contributed by atoms with Crippen molar-refractivity contribution in [3.63, 3.8) is 0 Å². The van der Waals surface area contributed by atoms with Crippen LogP contribution in [0.2, 0.25) is 0 Å². The summed E-state index contributed by atoms with van der Waals surface area (Å²) in [5.41, 5.74) is -1.32. The van der Waals surface area contributed by atoms with Crippen LogP contribution in [-0.4, -0.2) is 51.8 Å². The maximum Gasteiger partial charge on any atom is 0.330 e. The SMILES string of the molecule is Cc1cn([C@@H]2OC3(COCc4ccccc4)COCC[C@]3(OCc3ccccc3)C2O)c(=O)[nH]c1=O. The summed E-state index contributed by atoms with van der Waals surface area (Å²) in [5, 5.41) is 11.7. The molecule has 9 heteroatoms. The number of benzene rings is 2. The lowest BCUT2D eigenvalue weighted by molar-refractivity contribution is -0.255. The van der Waals surface area contributed by atoms with Crippen molar-refractivity contribution < 1.29 is 24.1 Å². The maximum atomic E-state index is 12.7. The molecule has 0 saturated carbocycles. The molecule has 0 spiro atoms. The lowest BCUT2D eigenvalue weighted by Gasteiger charge is -2.47. The number of aliphatic hydroxyl groups is 1. The molecule has 0 amide bonds. The third kappa shape index (κ3) is 4.44. The summed E-state index contributed by atoms with van der Waals surface area (Å²) in [6.07, 6.45) is -0.598. The van der Waals surface area contributed by atoms with Crippen LogP contribution in [0.3, 0.4) is 0 Å². The van der Waals surface area contributed by atoms with E-state index >= 15 is 0 Å². The molecule has 2 aliphatic heterocycles. The smallest absolute Gasteiger partial charge is 0.330 e. The summed E-state index contributed by atoms with van der Waals surface area (Å²) < 4.78 is 26.1. The van der Waals surface area contributed by atoms with E-state index in [0.29, 0.717) is 25.2 Å². The van der Waals surface area contributed by atoms with E-state index < -0.39 is 34.8 Å². The van der Waals surface area contributed by atoms with Gasteiger partial charge in [-0.05, 0) is 18.1 Å². The van der Waals surface area contributed by atoms with Gasteiger partial charge in [-0.2, -0.15) is 0 Å². The molecule has 190 valence electrons. The molecule has 3 aromatic rings. The molecule has 0 bridgehead atoms. The predicted molar refractivity (Wildman–Crippen MR) is 130 cm³/mol. The number of fused-ring (bicyclic) bond motifs is 1. The molecule has 9 nitrogen and oxygen atoms in total. The van der Waals surface area contributed by atoms with Crippen molar-refractivity contribution in [3.8, 4) is 0 Å². The second kappa shape index (κ2) is 10.1. The van der Waals surface area contributed by atoms with Gasteiger partial charge in [0.2, 0.25) is 0 Å². The Bertz CT molecular complexity index is 1290.